The van der Waals surface area contributed by atoms with Crippen molar-refractivity contribution in [3.8, 4) is 0 Å². The number of aliphatic hydroxyl groups is 1. The molecule has 0 aromatic heterocycles. The van der Waals surface area contributed by atoms with Crippen LogP contribution in [0.1, 0.15) is 33.6 Å². The number of amides is 2. The number of hydrogen-bond donors (Lipinski definition) is 1. The van der Waals surface area contributed by atoms with Crippen LogP contribution in [0.3, 0.4) is 0 Å². The standard InChI is InChI=1S/C20H22N2O3/c1-21(17-5-3-2-4-6-17)19(24)15-7-9-16(10-8-15)20(25)22(13-14-23)18-11-12-18/h2-10,18,23H,11-14H2,1H3. The monoisotopic (exact) mass is 338 g/mol. The number of rotatable bonds is 6. The molecule has 0 heterocycles. The molecule has 25 heavy (non-hydrogen) atoms. The fourth-order valence-electron chi connectivity index (χ4n) is 2.83. The summed E-state index contributed by atoms with van der Waals surface area (Å²) in [6.45, 7) is 0.307. The van der Waals surface area contributed by atoms with Crippen LogP contribution in [0.5, 0.6) is 0 Å². The van der Waals surface area contributed by atoms with Gasteiger partial charge in [-0.25, -0.2) is 0 Å². The molecule has 3 rings (SSSR count). The highest BCUT2D eigenvalue weighted by molar-refractivity contribution is 6.06. The Labute approximate surface area is 147 Å². The summed E-state index contributed by atoms with van der Waals surface area (Å²) >= 11 is 0. The summed E-state index contributed by atoms with van der Waals surface area (Å²) in [4.78, 5) is 28.4. The third-order valence-electron chi connectivity index (χ3n) is 4.42. The van der Waals surface area contributed by atoms with Gasteiger partial charge in [-0.05, 0) is 49.2 Å². The lowest BCUT2D eigenvalue weighted by Crippen LogP contribution is -2.35. The quantitative estimate of drug-likeness (QED) is 0.880. The smallest absolute Gasteiger partial charge is 0.258 e. The summed E-state index contributed by atoms with van der Waals surface area (Å²) in [5.74, 6) is -0.216. The van der Waals surface area contributed by atoms with E-state index < -0.39 is 0 Å². The number of anilines is 1. The highest BCUT2D eigenvalue weighted by atomic mass is 16.3. The predicted molar refractivity (Wildman–Crippen MR) is 96.8 cm³/mol. The van der Waals surface area contributed by atoms with Crippen molar-refractivity contribution in [1.29, 1.82) is 0 Å². The molecule has 0 bridgehead atoms. The average Bonchev–Trinajstić information content (AvgIpc) is 3.50. The Bertz CT molecular complexity index is 739. The van der Waals surface area contributed by atoms with Crippen LogP contribution in [-0.4, -0.2) is 48.1 Å². The molecule has 5 heteroatoms. The van der Waals surface area contributed by atoms with E-state index >= 15 is 0 Å². The van der Waals surface area contributed by atoms with E-state index in [0.29, 0.717) is 17.7 Å². The number of aliphatic hydroxyl groups excluding tert-OH is 1. The van der Waals surface area contributed by atoms with E-state index in [1.807, 2.05) is 30.3 Å². The van der Waals surface area contributed by atoms with E-state index in [-0.39, 0.29) is 24.5 Å². The van der Waals surface area contributed by atoms with Gasteiger partial charge < -0.3 is 14.9 Å². The molecule has 1 aliphatic carbocycles. The Kier molecular flexibility index (Phi) is 5.14. The molecule has 1 aliphatic rings. The van der Waals surface area contributed by atoms with Crippen molar-refractivity contribution in [2.75, 3.05) is 25.1 Å². The van der Waals surface area contributed by atoms with Crippen LogP contribution in [0.2, 0.25) is 0 Å². The van der Waals surface area contributed by atoms with Gasteiger partial charge in [-0.2, -0.15) is 0 Å². The van der Waals surface area contributed by atoms with Gasteiger partial charge in [0.25, 0.3) is 11.8 Å². The summed E-state index contributed by atoms with van der Waals surface area (Å²) in [5, 5.41) is 9.15. The maximum Gasteiger partial charge on any atom is 0.258 e. The van der Waals surface area contributed by atoms with Crippen molar-refractivity contribution in [3.05, 3.63) is 65.7 Å². The van der Waals surface area contributed by atoms with Crippen molar-refractivity contribution in [2.24, 2.45) is 0 Å². The molecule has 2 aromatic carbocycles. The van der Waals surface area contributed by atoms with Gasteiger partial charge in [0.1, 0.15) is 0 Å². The molecule has 0 spiro atoms. The van der Waals surface area contributed by atoms with Gasteiger partial charge in [-0.1, -0.05) is 18.2 Å². The van der Waals surface area contributed by atoms with Gasteiger partial charge in [0.05, 0.1) is 6.61 Å². The number of benzene rings is 2. The molecule has 0 atom stereocenters. The van der Waals surface area contributed by atoms with E-state index in [9.17, 15) is 9.59 Å². The third-order valence-corrected chi connectivity index (χ3v) is 4.42. The normalized spacial score (nSPS) is 13.4. The van der Waals surface area contributed by atoms with E-state index in [2.05, 4.69) is 0 Å². The molecule has 130 valence electrons. The van der Waals surface area contributed by atoms with Gasteiger partial charge in [0.15, 0.2) is 0 Å². The zero-order valence-corrected chi connectivity index (χ0v) is 14.3. The van der Waals surface area contributed by atoms with E-state index in [1.165, 1.54) is 0 Å². The number of hydrogen-bond acceptors (Lipinski definition) is 3. The minimum Gasteiger partial charge on any atom is -0.395 e. The molecule has 0 unspecified atom stereocenters. The molecular weight excluding hydrogens is 316 g/mol. The third kappa shape index (κ3) is 3.88. The van der Waals surface area contributed by atoms with E-state index in [4.69, 9.17) is 5.11 Å². The molecule has 1 N–H and O–H groups in total. The van der Waals surface area contributed by atoms with Gasteiger partial charge in [0, 0.05) is 36.4 Å². The molecule has 0 aliphatic heterocycles. The van der Waals surface area contributed by atoms with Crippen LogP contribution in [0, 0.1) is 0 Å². The van der Waals surface area contributed by atoms with Crippen LogP contribution < -0.4 is 4.90 Å². The molecular formula is C20H22N2O3. The van der Waals surface area contributed by atoms with Crippen molar-refractivity contribution < 1.29 is 14.7 Å². The lowest BCUT2D eigenvalue weighted by Gasteiger charge is -2.21. The second kappa shape index (κ2) is 7.49. The molecule has 0 saturated heterocycles. The van der Waals surface area contributed by atoms with Gasteiger partial charge in [-0.15, -0.1) is 0 Å². The van der Waals surface area contributed by atoms with Crippen LogP contribution >= 0.6 is 0 Å². The Morgan fingerprint density at radius 3 is 2.04 bits per heavy atom. The van der Waals surface area contributed by atoms with E-state index in [0.717, 1.165) is 18.5 Å². The maximum atomic E-state index is 12.6. The molecule has 1 fully saturated rings. The zero-order chi connectivity index (χ0) is 17.8. The minimum atomic E-state index is -0.125. The van der Waals surface area contributed by atoms with Crippen LogP contribution in [-0.2, 0) is 0 Å². The van der Waals surface area contributed by atoms with E-state index in [1.54, 1.807) is 41.1 Å². The number of carbonyl (C=O) groups excluding carboxylic acids is 2. The first-order chi connectivity index (χ1) is 12.1. The van der Waals surface area contributed by atoms with Crippen molar-refractivity contribution >= 4 is 17.5 Å². The fraction of sp³-hybridized carbons (Fsp3) is 0.300. The Balaban J connectivity index is 1.73. The Morgan fingerprint density at radius 1 is 0.960 bits per heavy atom. The lowest BCUT2D eigenvalue weighted by atomic mass is 10.1. The summed E-state index contributed by atoms with van der Waals surface area (Å²) in [5.41, 5.74) is 1.89. The first kappa shape index (κ1) is 17.2. The highest BCUT2D eigenvalue weighted by Crippen LogP contribution is 2.28. The Hall–Kier alpha value is -2.66. The van der Waals surface area contributed by atoms with Gasteiger partial charge >= 0.3 is 0 Å². The summed E-state index contributed by atoms with van der Waals surface area (Å²) < 4.78 is 0. The summed E-state index contributed by atoms with van der Waals surface area (Å²) in [7, 11) is 1.73. The molecule has 5 nitrogen and oxygen atoms in total. The van der Waals surface area contributed by atoms with Crippen molar-refractivity contribution in [1.82, 2.24) is 4.90 Å². The number of nitrogens with zero attached hydrogens (tertiary/aromatic N) is 2. The average molecular weight is 338 g/mol. The molecule has 1 saturated carbocycles. The molecule has 2 aromatic rings. The molecule has 2 amide bonds. The zero-order valence-electron chi connectivity index (χ0n) is 14.3. The molecule has 0 radical (unpaired) electrons. The SMILES string of the molecule is CN(C(=O)c1ccc(C(=O)N(CCO)C2CC2)cc1)c1ccccc1. The second-order valence-electron chi connectivity index (χ2n) is 6.23. The van der Waals surface area contributed by atoms with Crippen LogP contribution in [0.25, 0.3) is 0 Å². The second-order valence-corrected chi connectivity index (χ2v) is 6.23. The van der Waals surface area contributed by atoms with Crippen LogP contribution in [0.4, 0.5) is 5.69 Å². The van der Waals surface area contributed by atoms with Gasteiger partial charge in [-0.3, -0.25) is 9.59 Å². The summed E-state index contributed by atoms with van der Waals surface area (Å²) in [6.07, 6.45) is 1.98. The minimum absolute atomic E-state index is 0.0410. The number of carbonyl (C=O) groups is 2. The first-order valence-electron chi connectivity index (χ1n) is 8.47. The predicted octanol–water partition coefficient (Wildman–Crippen LogP) is 2.56. The van der Waals surface area contributed by atoms with Crippen LogP contribution in [0.15, 0.2) is 54.6 Å². The summed E-state index contributed by atoms with van der Waals surface area (Å²) in [6, 6.07) is 16.4. The van der Waals surface area contributed by atoms with Gasteiger partial charge in [0.2, 0.25) is 0 Å². The largest absolute Gasteiger partial charge is 0.395 e. The fourth-order valence-corrected chi connectivity index (χ4v) is 2.83. The highest BCUT2D eigenvalue weighted by Gasteiger charge is 2.32. The first-order valence-corrected chi connectivity index (χ1v) is 8.47. The number of para-hydroxylation sites is 1. The van der Waals surface area contributed by atoms with Crippen molar-refractivity contribution in [2.45, 2.75) is 18.9 Å². The Morgan fingerprint density at radius 2 is 1.52 bits per heavy atom. The lowest BCUT2D eigenvalue weighted by molar-refractivity contribution is 0.0707. The topological polar surface area (TPSA) is 60.9 Å². The maximum absolute atomic E-state index is 12.6. The van der Waals surface area contributed by atoms with Crippen molar-refractivity contribution in [3.63, 3.8) is 0 Å².